The van der Waals surface area contributed by atoms with Crippen molar-refractivity contribution in [3.05, 3.63) is 58.1 Å². The molecule has 0 saturated carbocycles. The fraction of sp³-hybridized carbons (Fsp3) is 0.300. The molecule has 3 rings (SSSR count). The SMILES string of the molecule is Cc1ccc(-c2[nH]c3c(C(F)(F)F)cc(Cl)cc3c2CCCCN)cc1. The predicted octanol–water partition coefficient (Wildman–Crippen LogP) is 6.10. The van der Waals surface area contributed by atoms with Crippen LogP contribution in [0.4, 0.5) is 13.2 Å². The number of alkyl halides is 3. The van der Waals surface area contributed by atoms with Gasteiger partial charge in [-0.05, 0) is 56.0 Å². The zero-order chi connectivity index (χ0) is 18.9. The van der Waals surface area contributed by atoms with Crippen molar-refractivity contribution >= 4 is 22.5 Å². The monoisotopic (exact) mass is 380 g/mol. The van der Waals surface area contributed by atoms with Crippen LogP contribution in [0.2, 0.25) is 5.02 Å². The number of benzene rings is 2. The maximum Gasteiger partial charge on any atom is 0.418 e. The number of aromatic nitrogens is 1. The van der Waals surface area contributed by atoms with Crippen LogP contribution in [0.1, 0.15) is 29.5 Å². The maximum atomic E-state index is 13.5. The average molecular weight is 381 g/mol. The number of hydrogen-bond donors (Lipinski definition) is 2. The van der Waals surface area contributed by atoms with Crippen molar-refractivity contribution in [1.82, 2.24) is 4.98 Å². The first-order chi connectivity index (χ1) is 12.3. The van der Waals surface area contributed by atoms with E-state index in [4.69, 9.17) is 17.3 Å². The quantitative estimate of drug-likeness (QED) is 0.516. The Bertz CT molecular complexity index is 911. The molecule has 0 unspecified atom stereocenters. The summed E-state index contributed by atoms with van der Waals surface area (Å²) < 4.78 is 40.5. The van der Waals surface area contributed by atoms with Gasteiger partial charge >= 0.3 is 6.18 Å². The summed E-state index contributed by atoms with van der Waals surface area (Å²) in [6.45, 7) is 2.52. The normalized spacial score (nSPS) is 12.1. The van der Waals surface area contributed by atoms with Gasteiger partial charge in [0.1, 0.15) is 0 Å². The van der Waals surface area contributed by atoms with Crippen LogP contribution in [0.3, 0.4) is 0 Å². The molecule has 26 heavy (non-hydrogen) atoms. The Morgan fingerprint density at radius 3 is 2.38 bits per heavy atom. The molecule has 0 aliphatic heterocycles. The van der Waals surface area contributed by atoms with Gasteiger partial charge in [0, 0.05) is 16.1 Å². The Morgan fingerprint density at radius 2 is 1.77 bits per heavy atom. The summed E-state index contributed by atoms with van der Waals surface area (Å²) in [5, 5.41) is 0.608. The highest BCUT2D eigenvalue weighted by Gasteiger charge is 2.34. The van der Waals surface area contributed by atoms with E-state index in [-0.39, 0.29) is 10.5 Å². The number of H-pyrrole nitrogens is 1. The lowest BCUT2D eigenvalue weighted by atomic mass is 9.99. The van der Waals surface area contributed by atoms with Crippen molar-refractivity contribution in [2.45, 2.75) is 32.4 Å². The highest BCUT2D eigenvalue weighted by molar-refractivity contribution is 6.31. The first kappa shape index (κ1) is 18.8. The van der Waals surface area contributed by atoms with Crippen LogP contribution in [0.25, 0.3) is 22.2 Å². The van der Waals surface area contributed by atoms with Gasteiger partial charge in [-0.25, -0.2) is 0 Å². The molecule has 3 N–H and O–H groups in total. The summed E-state index contributed by atoms with van der Waals surface area (Å²) in [5.41, 5.74) is 8.44. The van der Waals surface area contributed by atoms with E-state index in [0.717, 1.165) is 35.6 Å². The first-order valence-corrected chi connectivity index (χ1v) is 8.87. The van der Waals surface area contributed by atoms with Gasteiger partial charge < -0.3 is 10.7 Å². The molecule has 0 aliphatic rings. The van der Waals surface area contributed by atoms with E-state index in [0.29, 0.717) is 24.0 Å². The summed E-state index contributed by atoms with van der Waals surface area (Å²) in [6.07, 6.45) is -2.23. The number of rotatable bonds is 5. The third-order valence-electron chi connectivity index (χ3n) is 4.51. The van der Waals surface area contributed by atoms with Crippen LogP contribution >= 0.6 is 11.6 Å². The zero-order valence-corrected chi connectivity index (χ0v) is 15.1. The Morgan fingerprint density at radius 1 is 1.08 bits per heavy atom. The van der Waals surface area contributed by atoms with Crippen molar-refractivity contribution in [1.29, 1.82) is 0 Å². The van der Waals surface area contributed by atoms with E-state index in [1.807, 2.05) is 31.2 Å². The number of fused-ring (bicyclic) bond motifs is 1. The molecule has 0 amide bonds. The van der Waals surface area contributed by atoms with Gasteiger partial charge in [-0.3, -0.25) is 0 Å². The lowest BCUT2D eigenvalue weighted by molar-refractivity contribution is -0.136. The molecule has 0 radical (unpaired) electrons. The molecule has 1 heterocycles. The molecule has 0 saturated heterocycles. The average Bonchev–Trinajstić information content (AvgIpc) is 2.93. The number of nitrogens with two attached hydrogens (primary N) is 1. The molecule has 1 aromatic heterocycles. The van der Waals surface area contributed by atoms with Gasteiger partial charge in [0.2, 0.25) is 0 Å². The Kier molecular flexibility index (Phi) is 5.30. The van der Waals surface area contributed by atoms with Gasteiger partial charge in [0.05, 0.1) is 11.1 Å². The second-order valence-corrected chi connectivity index (χ2v) is 6.90. The topological polar surface area (TPSA) is 41.8 Å². The largest absolute Gasteiger partial charge is 0.418 e. The molecule has 0 aliphatic carbocycles. The summed E-state index contributed by atoms with van der Waals surface area (Å²) in [5.74, 6) is 0. The number of nitrogens with one attached hydrogen (secondary N) is 1. The smallest absolute Gasteiger partial charge is 0.354 e. The number of aryl methyl sites for hydroxylation is 2. The van der Waals surface area contributed by atoms with Crippen molar-refractivity contribution in [2.75, 3.05) is 6.54 Å². The van der Waals surface area contributed by atoms with Crippen LogP contribution in [0.5, 0.6) is 0 Å². The van der Waals surface area contributed by atoms with E-state index >= 15 is 0 Å². The Balaban J connectivity index is 2.25. The minimum atomic E-state index is -4.48. The van der Waals surface area contributed by atoms with E-state index < -0.39 is 11.7 Å². The van der Waals surface area contributed by atoms with Crippen molar-refractivity contribution < 1.29 is 13.2 Å². The molecule has 138 valence electrons. The van der Waals surface area contributed by atoms with Crippen molar-refractivity contribution in [3.63, 3.8) is 0 Å². The van der Waals surface area contributed by atoms with E-state index in [1.54, 1.807) is 6.07 Å². The van der Waals surface area contributed by atoms with E-state index in [9.17, 15) is 13.2 Å². The lowest BCUT2D eigenvalue weighted by Crippen LogP contribution is -2.05. The molecule has 6 heteroatoms. The summed E-state index contributed by atoms with van der Waals surface area (Å²) >= 11 is 6.01. The van der Waals surface area contributed by atoms with Crippen molar-refractivity contribution in [3.8, 4) is 11.3 Å². The summed E-state index contributed by atoms with van der Waals surface area (Å²) in [4.78, 5) is 3.02. The standard InChI is InChI=1S/C20H20ClF3N2/c1-12-5-7-13(8-6-12)18-15(4-2-3-9-25)16-10-14(21)11-17(19(16)26-18)20(22,23)24/h5-8,10-11,26H,2-4,9,25H2,1H3. The summed E-state index contributed by atoms with van der Waals surface area (Å²) in [7, 11) is 0. The van der Waals surface area contributed by atoms with Gasteiger partial charge in [0.15, 0.2) is 0 Å². The zero-order valence-electron chi connectivity index (χ0n) is 14.4. The van der Waals surface area contributed by atoms with Gasteiger partial charge in [-0.2, -0.15) is 13.2 Å². The predicted molar refractivity (Wildman–Crippen MR) is 100 cm³/mol. The van der Waals surface area contributed by atoms with Crippen molar-refractivity contribution in [2.24, 2.45) is 5.73 Å². The maximum absolute atomic E-state index is 13.5. The highest BCUT2D eigenvalue weighted by Crippen LogP contribution is 2.41. The Hall–Kier alpha value is -1.98. The second kappa shape index (κ2) is 7.33. The van der Waals surface area contributed by atoms with Crippen LogP contribution in [0, 0.1) is 6.92 Å². The number of unbranched alkanes of at least 4 members (excludes halogenated alkanes) is 1. The Labute approximate surface area is 155 Å². The third-order valence-corrected chi connectivity index (χ3v) is 4.72. The third kappa shape index (κ3) is 3.74. The molecule has 0 atom stereocenters. The summed E-state index contributed by atoms with van der Waals surface area (Å²) in [6, 6.07) is 10.3. The second-order valence-electron chi connectivity index (χ2n) is 6.46. The molecular weight excluding hydrogens is 361 g/mol. The van der Waals surface area contributed by atoms with Crippen LogP contribution in [-0.4, -0.2) is 11.5 Å². The van der Waals surface area contributed by atoms with Crippen LogP contribution in [0.15, 0.2) is 36.4 Å². The van der Waals surface area contributed by atoms with E-state index in [1.165, 1.54) is 0 Å². The minimum absolute atomic E-state index is 0.0827. The molecule has 2 aromatic carbocycles. The fourth-order valence-corrected chi connectivity index (χ4v) is 3.43. The molecule has 0 fully saturated rings. The number of halogens is 4. The van der Waals surface area contributed by atoms with Crippen LogP contribution in [-0.2, 0) is 12.6 Å². The molecular formula is C20H20ClF3N2. The van der Waals surface area contributed by atoms with Gasteiger partial charge in [-0.1, -0.05) is 41.4 Å². The van der Waals surface area contributed by atoms with Crippen LogP contribution < -0.4 is 5.73 Å². The molecule has 0 bridgehead atoms. The van der Waals surface area contributed by atoms with Gasteiger partial charge in [0.25, 0.3) is 0 Å². The fourth-order valence-electron chi connectivity index (χ4n) is 3.21. The first-order valence-electron chi connectivity index (χ1n) is 8.49. The minimum Gasteiger partial charge on any atom is -0.354 e. The molecule has 3 aromatic rings. The van der Waals surface area contributed by atoms with E-state index in [2.05, 4.69) is 4.98 Å². The number of hydrogen-bond acceptors (Lipinski definition) is 1. The highest BCUT2D eigenvalue weighted by atomic mass is 35.5. The number of aromatic amines is 1. The molecule has 2 nitrogen and oxygen atoms in total. The lowest BCUT2D eigenvalue weighted by Gasteiger charge is -2.09. The molecule has 0 spiro atoms. The van der Waals surface area contributed by atoms with Gasteiger partial charge in [-0.15, -0.1) is 0 Å².